The van der Waals surface area contributed by atoms with Gasteiger partial charge in [0.1, 0.15) is 0 Å². The molecule has 0 aliphatic rings. The molecule has 0 fully saturated rings. The zero-order valence-electron chi connectivity index (χ0n) is 11.6. The summed E-state index contributed by atoms with van der Waals surface area (Å²) in [6, 6.07) is 20.0. The highest BCUT2D eigenvalue weighted by atomic mass is 32.2. The van der Waals surface area contributed by atoms with Crippen LogP contribution in [0.15, 0.2) is 71.6 Å². The lowest BCUT2D eigenvalue weighted by Gasteiger charge is -2.09. The van der Waals surface area contributed by atoms with Crippen LogP contribution >= 0.6 is 0 Å². The van der Waals surface area contributed by atoms with Crippen molar-refractivity contribution in [1.82, 2.24) is 0 Å². The van der Waals surface area contributed by atoms with Crippen molar-refractivity contribution in [2.24, 2.45) is 0 Å². The van der Waals surface area contributed by atoms with Crippen molar-refractivity contribution in [3.63, 3.8) is 0 Å². The Labute approximate surface area is 124 Å². The molecule has 0 spiro atoms. The number of sulfonamides is 1. The van der Waals surface area contributed by atoms with Gasteiger partial charge in [0.25, 0.3) is 10.0 Å². The molecule has 3 aromatic carbocycles. The zero-order valence-corrected chi connectivity index (χ0v) is 12.4. The second kappa shape index (κ2) is 5.22. The molecule has 0 radical (unpaired) electrons. The van der Waals surface area contributed by atoms with Crippen molar-refractivity contribution in [3.8, 4) is 0 Å². The molecule has 0 unspecified atom stereocenters. The van der Waals surface area contributed by atoms with Crippen LogP contribution in [0.2, 0.25) is 0 Å². The lowest BCUT2D eigenvalue weighted by molar-refractivity contribution is 0.601. The topological polar surface area (TPSA) is 46.2 Å². The molecule has 0 aromatic heterocycles. The van der Waals surface area contributed by atoms with Crippen molar-refractivity contribution in [2.75, 3.05) is 4.72 Å². The Balaban J connectivity index is 1.97. The highest BCUT2D eigenvalue weighted by Crippen LogP contribution is 2.22. The number of hydrogen-bond acceptors (Lipinski definition) is 2. The third-order valence-corrected chi connectivity index (χ3v) is 4.70. The van der Waals surface area contributed by atoms with Gasteiger partial charge in [-0.3, -0.25) is 4.72 Å². The van der Waals surface area contributed by atoms with E-state index in [1.54, 1.807) is 36.4 Å². The number of anilines is 1. The average Bonchev–Trinajstić information content (AvgIpc) is 2.48. The minimum atomic E-state index is -3.54. The molecule has 0 bridgehead atoms. The summed E-state index contributed by atoms with van der Waals surface area (Å²) in [6.45, 7) is 2.03. The van der Waals surface area contributed by atoms with E-state index >= 15 is 0 Å². The van der Waals surface area contributed by atoms with Crippen LogP contribution in [0.25, 0.3) is 10.8 Å². The van der Waals surface area contributed by atoms with Crippen LogP contribution in [-0.4, -0.2) is 8.42 Å². The minimum Gasteiger partial charge on any atom is -0.280 e. The van der Waals surface area contributed by atoms with Crippen LogP contribution in [0.4, 0.5) is 5.69 Å². The van der Waals surface area contributed by atoms with Gasteiger partial charge in [-0.15, -0.1) is 0 Å². The molecule has 3 rings (SSSR count). The first-order chi connectivity index (χ1) is 10.0. The Kier molecular flexibility index (Phi) is 3.39. The van der Waals surface area contributed by atoms with E-state index in [4.69, 9.17) is 0 Å². The Morgan fingerprint density at radius 1 is 0.810 bits per heavy atom. The van der Waals surface area contributed by atoms with Crippen LogP contribution in [0.5, 0.6) is 0 Å². The molecule has 3 nitrogen and oxygen atoms in total. The summed E-state index contributed by atoms with van der Waals surface area (Å²) < 4.78 is 27.2. The smallest absolute Gasteiger partial charge is 0.261 e. The molecule has 0 aliphatic carbocycles. The van der Waals surface area contributed by atoms with Gasteiger partial charge in [-0.25, -0.2) is 8.42 Å². The lowest BCUT2D eigenvalue weighted by Crippen LogP contribution is -2.12. The van der Waals surface area contributed by atoms with Crippen LogP contribution in [0.1, 0.15) is 5.56 Å². The van der Waals surface area contributed by atoms with Crippen molar-refractivity contribution in [1.29, 1.82) is 0 Å². The van der Waals surface area contributed by atoms with Crippen LogP contribution in [0, 0.1) is 6.92 Å². The first kappa shape index (κ1) is 13.6. The van der Waals surface area contributed by atoms with E-state index in [1.165, 1.54) is 5.56 Å². The molecular formula is C17H15NO2S. The van der Waals surface area contributed by atoms with Gasteiger partial charge in [-0.1, -0.05) is 48.0 Å². The summed E-state index contributed by atoms with van der Waals surface area (Å²) in [7, 11) is -3.54. The first-order valence-corrected chi connectivity index (χ1v) is 8.11. The fourth-order valence-electron chi connectivity index (χ4n) is 2.24. The predicted molar refractivity (Wildman–Crippen MR) is 85.9 cm³/mol. The van der Waals surface area contributed by atoms with Crippen molar-refractivity contribution >= 4 is 26.5 Å². The van der Waals surface area contributed by atoms with E-state index in [-0.39, 0.29) is 4.90 Å². The van der Waals surface area contributed by atoms with Gasteiger partial charge in [0, 0.05) is 5.69 Å². The molecule has 0 aliphatic heterocycles. The van der Waals surface area contributed by atoms with Crippen molar-refractivity contribution in [3.05, 3.63) is 72.3 Å². The fraction of sp³-hybridized carbons (Fsp3) is 0.0588. The largest absolute Gasteiger partial charge is 0.280 e. The van der Waals surface area contributed by atoms with E-state index in [9.17, 15) is 8.42 Å². The summed E-state index contributed by atoms with van der Waals surface area (Å²) in [6.07, 6.45) is 0. The molecule has 0 saturated heterocycles. The maximum atomic E-state index is 12.3. The zero-order chi connectivity index (χ0) is 14.9. The maximum Gasteiger partial charge on any atom is 0.261 e. The molecular weight excluding hydrogens is 282 g/mol. The van der Waals surface area contributed by atoms with Crippen LogP contribution in [0.3, 0.4) is 0 Å². The van der Waals surface area contributed by atoms with Gasteiger partial charge >= 0.3 is 0 Å². The second-order valence-corrected chi connectivity index (χ2v) is 6.67. The molecule has 0 amide bonds. The lowest BCUT2D eigenvalue weighted by atomic mass is 10.1. The maximum absolute atomic E-state index is 12.3. The normalized spacial score (nSPS) is 11.5. The van der Waals surface area contributed by atoms with Crippen molar-refractivity contribution in [2.45, 2.75) is 11.8 Å². The number of rotatable bonds is 3. The standard InChI is InChI=1S/C17H15NO2S/c1-13-7-8-15-12-16(10-9-14(15)11-13)18-21(19,20)17-5-3-2-4-6-17/h2-12,18H,1H3. The molecule has 0 atom stereocenters. The number of aryl methyl sites for hydroxylation is 1. The van der Waals surface area contributed by atoms with Gasteiger partial charge in [0.05, 0.1) is 4.90 Å². The molecule has 0 saturated carbocycles. The molecule has 1 N–H and O–H groups in total. The Hall–Kier alpha value is -2.33. The number of fused-ring (bicyclic) bond motifs is 1. The Morgan fingerprint density at radius 2 is 1.48 bits per heavy atom. The fourth-order valence-corrected chi connectivity index (χ4v) is 3.31. The Morgan fingerprint density at radius 3 is 2.24 bits per heavy atom. The average molecular weight is 297 g/mol. The highest BCUT2D eigenvalue weighted by molar-refractivity contribution is 7.92. The predicted octanol–water partition coefficient (Wildman–Crippen LogP) is 3.95. The van der Waals surface area contributed by atoms with Gasteiger partial charge in [0.15, 0.2) is 0 Å². The minimum absolute atomic E-state index is 0.258. The number of hydrogen-bond donors (Lipinski definition) is 1. The SMILES string of the molecule is Cc1ccc2cc(NS(=O)(=O)c3ccccc3)ccc2c1. The van der Waals surface area contributed by atoms with Gasteiger partial charge in [-0.05, 0) is 42.0 Å². The number of benzene rings is 3. The van der Waals surface area contributed by atoms with Crippen LogP contribution < -0.4 is 4.72 Å². The molecule has 3 aromatic rings. The first-order valence-electron chi connectivity index (χ1n) is 6.63. The summed E-state index contributed by atoms with van der Waals surface area (Å²) in [5.74, 6) is 0. The molecule has 106 valence electrons. The third kappa shape index (κ3) is 2.90. The van der Waals surface area contributed by atoms with Crippen molar-refractivity contribution < 1.29 is 8.42 Å². The summed E-state index contributed by atoms with van der Waals surface area (Å²) in [4.78, 5) is 0.258. The quantitative estimate of drug-likeness (QED) is 0.795. The van der Waals surface area contributed by atoms with E-state index in [0.717, 1.165) is 10.8 Å². The van der Waals surface area contributed by atoms with E-state index in [1.807, 2.05) is 31.2 Å². The monoisotopic (exact) mass is 297 g/mol. The molecule has 0 heterocycles. The van der Waals surface area contributed by atoms with E-state index in [0.29, 0.717) is 5.69 Å². The number of nitrogens with one attached hydrogen (secondary N) is 1. The van der Waals surface area contributed by atoms with E-state index < -0.39 is 10.0 Å². The summed E-state index contributed by atoms with van der Waals surface area (Å²) >= 11 is 0. The highest BCUT2D eigenvalue weighted by Gasteiger charge is 2.13. The summed E-state index contributed by atoms with van der Waals surface area (Å²) in [5, 5.41) is 2.10. The van der Waals surface area contributed by atoms with Gasteiger partial charge < -0.3 is 0 Å². The molecule has 21 heavy (non-hydrogen) atoms. The Bertz CT molecular complexity index is 887. The second-order valence-electron chi connectivity index (χ2n) is 4.98. The third-order valence-electron chi connectivity index (χ3n) is 3.30. The van der Waals surface area contributed by atoms with E-state index in [2.05, 4.69) is 10.8 Å². The van der Waals surface area contributed by atoms with Crippen LogP contribution in [-0.2, 0) is 10.0 Å². The molecule has 4 heteroatoms. The summed E-state index contributed by atoms with van der Waals surface area (Å²) in [5.41, 5.74) is 1.75. The van der Waals surface area contributed by atoms with Gasteiger partial charge in [0.2, 0.25) is 0 Å². The van der Waals surface area contributed by atoms with Gasteiger partial charge in [-0.2, -0.15) is 0 Å².